The van der Waals surface area contributed by atoms with Gasteiger partial charge in [0.15, 0.2) is 5.82 Å². The van der Waals surface area contributed by atoms with Gasteiger partial charge in [0.1, 0.15) is 0 Å². The molecule has 0 radical (unpaired) electrons. The minimum atomic E-state index is -1.02. The molecule has 0 unspecified atom stereocenters. The Kier molecular flexibility index (Phi) is 3.25. The predicted octanol–water partition coefficient (Wildman–Crippen LogP) is 1.57. The van der Waals surface area contributed by atoms with Crippen LogP contribution in [0.1, 0.15) is 19.4 Å². The molecule has 0 aliphatic carbocycles. The lowest BCUT2D eigenvalue weighted by molar-refractivity contribution is -0.131. The normalized spacial score (nSPS) is 17.3. The Hall–Kier alpha value is -2.37. The molecule has 1 aromatic heterocycles. The summed E-state index contributed by atoms with van der Waals surface area (Å²) in [7, 11) is 0. The summed E-state index contributed by atoms with van der Waals surface area (Å²) in [6, 6.07) is 1.75. The van der Waals surface area contributed by atoms with E-state index in [2.05, 4.69) is 15.6 Å². The topological polar surface area (TPSA) is 91.3 Å². The molecule has 0 saturated heterocycles. The molecule has 100 valence electrons. The summed E-state index contributed by atoms with van der Waals surface area (Å²) < 4.78 is 0. The number of carboxylic acids is 1. The lowest BCUT2D eigenvalue weighted by Gasteiger charge is -2.19. The number of carboxylic acid groups (broad SMARTS) is 1. The Morgan fingerprint density at radius 1 is 1.53 bits per heavy atom. The average molecular weight is 261 g/mol. The van der Waals surface area contributed by atoms with E-state index >= 15 is 0 Å². The molecule has 2 rings (SSSR count). The van der Waals surface area contributed by atoms with Crippen LogP contribution in [0.15, 0.2) is 18.3 Å². The molecule has 0 saturated carbocycles. The Labute approximate surface area is 110 Å². The highest BCUT2D eigenvalue weighted by Crippen LogP contribution is 2.29. The van der Waals surface area contributed by atoms with Gasteiger partial charge < -0.3 is 15.7 Å². The monoisotopic (exact) mass is 261 g/mol. The number of aliphatic carboxylic acids is 1. The van der Waals surface area contributed by atoms with Crippen molar-refractivity contribution in [1.82, 2.24) is 4.98 Å². The first-order valence-electron chi connectivity index (χ1n) is 5.85. The molecule has 0 bridgehead atoms. The summed E-state index contributed by atoms with van der Waals surface area (Å²) in [5, 5.41) is 14.5. The van der Waals surface area contributed by atoms with E-state index in [4.69, 9.17) is 5.11 Å². The molecule has 1 aromatic rings. The summed E-state index contributed by atoms with van der Waals surface area (Å²) in [5.74, 6) is -0.652. The summed E-state index contributed by atoms with van der Waals surface area (Å²) in [4.78, 5) is 26.5. The van der Waals surface area contributed by atoms with Crippen molar-refractivity contribution in [1.29, 1.82) is 0 Å². The van der Waals surface area contributed by atoms with E-state index in [0.29, 0.717) is 23.6 Å². The minimum Gasteiger partial charge on any atom is -0.478 e. The number of rotatable bonds is 2. The number of pyridine rings is 1. The zero-order valence-electron chi connectivity index (χ0n) is 10.7. The number of anilines is 2. The zero-order chi connectivity index (χ0) is 14.0. The van der Waals surface area contributed by atoms with Crippen LogP contribution in [0.4, 0.5) is 11.5 Å². The molecular weight excluding hydrogens is 246 g/mol. The fourth-order valence-corrected chi connectivity index (χ4v) is 1.65. The maximum atomic E-state index is 11.9. The quantitative estimate of drug-likeness (QED) is 0.703. The van der Waals surface area contributed by atoms with Gasteiger partial charge >= 0.3 is 5.97 Å². The third-order valence-corrected chi connectivity index (χ3v) is 2.89. The van der Waals surface area contributed by atoms with Crippen LogP contribution in [0.2, 0.25) is 0 Å². The smallest absolute Gasteiger partial charge is 0.328 e. The van der Waals surface area contributed by atoms with E-state index in [0.717, 1.165) is 6.08 Å². The highest BCUT2D eigenvalue weighted by Gasteiger charge is 2.31. The average Bonchev–Trinajstić information content (AvgIpc) is 2.45. The van der Waals surface area contributed by atoms with Gasteiger partial charge in [-0.05, 0) is 31.6 Å². The molecule has 0 atom stereocenters. The molecule has 3 N–H and O–H groups in total. The van der Waals surface area contributed by atoms with Gasteiger partial charge in [0, 0.05) is 18.8 Å². The van der Waals surface area contributed by atoms with Crippen LogP contribution in [-0.2, 0) is 9.59 Å². The largest absolute Gasteiger partial charge is 0.478 e. The molecule has 0 fully saturated rings. The van der Waals surface area contributed by atoms with Crippen molar-refractivity contribution in [2.75, 3.05) is 17.2 Å². The van der Waals surface area contributed by atoms with Crippen LogP contribution in [0.3, 0.4) is 0 Å². The fourth-order valence-electron chi connectivity index (χ4n) is 1.65. The van der Waals surface area contributed by atoms with Gasteiger partial charge in [0.25, 0.3) is 0 Å². The molecule has 1 aliphatic rings. The van der Waals surface area contributed by atoms with Crippen molar-refractivity contribution < 1.29 is 14.7 Å². The fraction of sp³-hybridized carbons (Fsp3) is 0.308. The number of carbonyl (C=O) groups is 2. The van der Waals surface area contributed by atoms with Gasteiger partial charge in [-0.1, -0.05) is 0 Å². The molecule has 0 aromatic carbocycles. The Morgan fingerprint density at radius 3 is 2.95 bits per heavy atom. The van der Waals surface area contributed by atoms with E-state index in [1.165, 1.54) is 12.3 Å². The number of hydrogen-bond donors (Lipinski definition) is 3. The van der Waals surface area contributed by atoms with Crippen molar-refractivity contribution in [2.45, 2.75) is 13.8 Å². The van der Waals surface area contributed by atoms with Crippen LogP contribution < -0.4 is 10.6 Å². The SMILES string of the molecule is CC1(C)CNc2cc(/C=C/C(=O)O)cnc2NC1=O. The highest BCUT2D eigenvalue weighted by atomic mass is 16.4. The Morgan fingerprint density at radius 2 is 2.26 bits per heavy atom. The number of fused-ring (bicyclic) bond motifs is 1. The van der Waals surface area contributed by atoms with E-state index in [-0.39, 0.29) is 5.91 Å². The number of nitrogens with zero attached hydrogens (tertiary/aromatic N) is 1. The van der Waals surface area contributed by atoms with Gasteiger partial charge in [-0.15, -0.1) is 0 Å². The maximum absolute atomic E-state index is 11.9. The molecule has 6 nitrogen and oxygen atoms in total. The lowest BCUT2D eigenvalue weighted by Crippen LogP contribution is -2.34. The lowest BCUT2D eigenvalue weighted by atomic mass is 9.93. The summed E-state index contributed by atoms with van der Waals surface area (Å²) in [6.07, 6.45) is 4.01. The standard InChI is InChI=1S/C13H15N3O3/c1-13(2)7-15-9-5-8(3-4-10(17)18)6-14-11(9)16-12(13)19/h3-6,15H,7H2,1-2H3,(H,17,18)(H,14,16,19)/b4-3+. The molecule has 19 heavy (non-hydrogen) atoms. The second-order valence-electron chi connectivity index (χ2n) is 5.03. The van der Waals surface area contributed by atoms with E-state index < -0.39 is 11.4 Å². The van der Waals surface area contributed by atoms with Gasteiger partial charge in [0.05, 0.1) is 11.1 Å². The summed E-state index contributed by atoms with van der Waals surface area (Å²) in [6.45, 7) is 4.17. The van der Waals surface area contributed by atoms with Crippen LogP contribution in [-0.4, -0.2) is 28.5 Å². The second-order valence-corrected chi connectivity index (χ2v) is 5.03. The second kappa shape index (κ2) is 4.72. The minimum absolute atomic E-state index is 0.0971. The Bertz CT molecular complexity index is 564. The molecule has 2 heterocycles. The van der Waals surface area contributed by atoms with E-state index in [1.54, 1.807) is 6.07 Å². The van der Waals surface area contributed by atoms with E-state index in [1.807, 2.05) is 13.8 Å². The molecule has 0 spiro atoms. The molecule has 6 heteroatoms. The number of amides is 1. The van der Waals surface area contributed by atoms with Crippen molar-refractivity contribution in [3.8, 4) is 0 Å². The van der Waals surface area contributed by atoms with Crippen LogP contribution in [0.5, 0.6) is 0 Å². The highest BCUT2D eigenvalue weighted by molar-refractivity contribution is 5.98. The van der Waals surface area contributed by atoms with Crippen molar-refractivity contribution in [3.63, 3.8) is 0 Å². The van der Waals surface area contributed by atoms with E-state index in [9.17, 15) is 9.59 Å². The van der Waals surface area contributed by atoms with Crippen molar-refractivity contribution >= 4 is 29.5 Å². The first-order chi connectivity index (χ1) is 8.88. The van der Waals surface area contributed by atoms with Crippen LogP contribution >= 0.6 is 0 Å². The van der Waals surface area contributed by atoms with Crippen LogP contribution in [0, 0.1) is 5.41 Å². The zero-order valence-corrected chi connectivity index (χ0v) is 10.7. The maximum Gasteiger partial charge on any atom is 0.328 e. The number of nitrogens with one attached hydrogen (secondary N) is 2. The summed E-state index contributed by atoms with van der Waals surface area (Å²) in [5.41, 5.74) is 0.812. The van der Waals surface area contributed by atoms with Crippen molar-refractivity contribution in [3.05, 3.63) is 23.9 Å². The van der Waals surface area contributed by atoms with Gasteiger partial charge in [-0.3, -0.25) is 4.79 Å². The van der Waals surface area contributed by atoms with Gasteiger partial charge in [-0.25, -0.2) is 9.78 Å². The number of aromatic nitrogens is 1. The van der Waals surface area contributed by atoms with Gasteiger partial charge in [0.2, 0.25) is 5.91 Å². The predicted molar refractivity (Wildman–Crippen MR) is 71.8 cm³/mol. The Balaban J connectivity index is 2.30. The third kappa shape index (κ3) is 2.90. The molecule has 1 aliphatic heterocycles. The van der Waals surface area contributed by atoms with Crippen molar-refractivity contribution in [2.24, 2.45) is 5.41 Å². The van der Waals surface area contributed by atoms with Crippen LogP contribution in [0.25, 0.3) is 6.08 Å². The first-order valence-corrected chi connectivity index (χ1v) is 5.85. The summed E-state index contributed by atoms with van der Waals surface area (Å²) >= 11 is 0. The van der Waals surface area contributed by atoms with Gasteiger partial charge in [-0.2, -0.15) is 0 Å². The third-order valence-electron chi connectivity index (χ3n) is 2.89. The molecule has 1 amide bonds. The molecular formula is C13H15N3O3. The number of carbonyl (C=O) groups excluding carboxylic acids is 1. The number of hydrogen-bond acceptors (Lipinski definition) is 4. The first kappa shape index (κ1) is 13.1.